The Morgan fingerprint density at radius 3 is 2.43 bits per heavy atom. The Labute approximate surface area is 176 Å². The highest BCUT2D eigenvalue weighted by Crippen LogP contribution is 2.35. The molecule has 1 aliphatic heterocycles. The molecule has 1 amide bonds. The first-order chi connectivity index (χ1) is 14.2. The molecule has 0 spiro atoms. The summed E-state index contributed by atoms with van der Waals surface area (Å²) in [4.78, 5) is 13.1. The van der Waals surface area contributed by atoms with Crippen molar-refractivity contribution < 1.29 is 17.6 Å². The van der Waals surface area contributed by atoms with Crippen molar-refractivity contribution in [3.63, 3.8) is 0 Å². The summed E-state index contributed by atoms with van der Waals surface area (Å²) in [6.07, 6.45) is 2.96. The van der Waals surface area contributed by atoms with Crippen LogP contribution in [0.4, 0.5) is 10.1 Å². The van der Waals surface area contributed by atoms with Crippen LogP contribution in [0.2, 0.25) is 0 Å². The molecule has 0 saturated heterocycles. The molecule has 0 aromatic heterocycles. The SMILES string of the molecule is CCC(CC)C(=O)N1N=C(c2ccc(NS(C)(=O)=O)cc2)CC1c1cccc(F)c1. The van der Waals surface area contributed by atoms with E-state index >= 15 is 0 Å². The van der Waals surface area contributed by atoms with Crippen molar-refractivity contribution in [1.82, 2.24) is 5.01 Å². The highest BCUT2D eigenvalue weighted by atomic mass is 32.2. The number of hydrogen-bond acceptors (Lipinski definition) is 4. The molecule has 0 fully saturated rings. The van der Waals surface area contributed by atoms with Gasteiger partial charge in [0.05, 0.1) is 18.0 Å². The summed E-state index contributed by atoms with van der Waals surface area (Å²) in [7, 11) is -3.36. The molecule has 6 nitrogen and oxygen atoms in total. The summed E-state index contributed by atoms with van der Waals surface area (Å²) in [5, 5.41) is 6.10. The third kappa shape index (κ3) is 5.05. The number of hydrogen-bond donors (Lipinski definition) is 1. The molecule has 0 saturated carbocycles. The van der Waals surface area contributed by atoms with Crippen molar-refractivity contribution in [3.8, 4) is 0 Å². The maximum atomic E-state index is 13.8. The normalized spacial score (nSPS) is 16.6. The van der Waals surface area contributed by atoms with Gasteiger partial charge in [-0.15, -0.1) is 0 Å². The number of nitrogens with zero attached hydrogens (tertiary/aromatic N) is 2. The van der Waals surface area contributed by atoms with Gasteiger partial charge in [-0.2, -0.15) is 5.10 Å². The van der Waals surface area contributed by atoms with E-state index in [0.717, 1.165) is 11.8 Å². The predicted molar refractivity (Wildman–Crippen MR) is 116 cm³/mol. The number of anilines is 1. The van der Waals surface area contributed by atoms with Crippen LogP contribution in [0.1, 0.15) is 50.3 Å². The molecule has 30 heavy (non-hydrogen) atoms. The number of amides is 1. The lowest BCUT2D eigenvalue weighted by Gasteiger charge is -2.25. The molecule has 0 radical (unpaired) electrons. The highest BCUT2D eigenvalue weighted by molar-refractivity contribution is 7.92. The van der Waals surface area contributed by atoms with Crippen LogP contribution in [0.25, 0.3) is 0 Å². The molecule has 2 aromatic rings. The topological polar surface area (TPSA) is 78.8 Å². The fourth-order valence-corrected chi connectivity index (χ4v) is 4.20. The second-order valence-electron chi connectivity index (χ2n) is 7.47. The smallest absolute Gasteiger partial charge is 0.246 e. The van der Waals surface area contributed by atoms with Gasteiger partial charge < -0.3 is 0 Å². The minimum atomic E-state index is -3.36. The Bertz CT molecular complexity index is 1050. The lowest BCUT2D eigenvalue weighted by atomic mass is 9.96. The first-order valence-electron chi connectivity index (χ1n) is 9.96. The van der Waals surface area contributed by atoms with E-state index in [4.69, 9.17) is 0 Å². The fourth-order valence-electron chi connectivity index (χ4n) is 3.63. The minimum absolute atomic E-state index is 0.0698. The zero-order valence-electron chi connectivity index (χ0n) is 17.3. The van der Waals surface area contributed by atoms with Gasteiger partial charge in [-0.25, -0.2) is 17.8 Å². The zero-order valence-corrected chi connectivity index (χ0v) is 18.1. The molecule has 1 N–H and O–H groups in total. The zero-order chi connectivity index (χ0) is 21.9. The summed E-state index contributed by atoms with van der Waals surface area (Å²) in [5.41, 5.74) is 2.64. The number of rotatable bonds is 7. The number of sulfonamides is 1. The number of halogens is 1. The molecule has 2 aromatic carbocycles. The molecule has 1 aliphatic rings. The van der Waals surface area contributed by atoms with Gasteiger partial charge >= 0.3 is 0 Å². The quantitative estimate of drug-likeness (QED) is 0.709. The Morgan fingerprint density at radius 1 is 1.20 bits per heavy atom. The third-order valence-corrected chi connectivity index (χ3v) is 5.83. The van der Waals surface area contributed by atoms with Crippen LogP contribution < -0.4 is 4.72 Å². The molecule has 1 unspecified atom stereocenters. The molecule has 1 heterocycles. The molecular weight excluding hydrogens is 405 g/mol. The molecule has 3 rings (SSSR count). The lowest BCUT2D eigenvalue weighted by molar-refractivity contribution is -0.137. The third-order valence-electron chi connectivity index (χ3n) is 5.23. The molecule has 8 heteroatoms. The molecule has 160 valence electrons. The highest BCUT2D eigenvalue weighted by Gasteiger charge is 2.35. The number of carbonyl (C=O) groups excluding carboxylic acids is 1. The summed E-state index contributed by atoms with van der Waals surface area (Å²) in [5.74, 6) is -0.572. The van der Waals surface area contributed by atoms with Crippen LogP contribution in [0.5, 0.6) is 0 Å². The van der Waals surface area contributed by atoms with Crippen LogP contribution in [0.15, 0.2) is 53.6 Å². The van der Waals surface area contributed by atoms with E-state index in [2.05, 4.69) is 9.82 Å². The van der Waals surface area contributed by atoms with Crippen molar-refractivity contribution >= 4 is 27.3 Å². The second kappa shape index (κ2) is 8.95. The number of carbonyl (C=O) groups is 1. The van der Waals surface area contributed by atoms with Crippen molar-refractivity contribution in [2.45, 2.75) is 39.2 Å². The lowest BCUT2D eigenvalue weighted by Crippen LogP contribution is -2.32. The van der Waals surface area contributed by atoms with Crippen LogP contribution >= 0.6 is 0 Å². The van der Waals surface area contributed by atoms with Gasteiger partial charge in [0.1, 0.15) is 5.82 Å². The molecule has 0 bridgehead atoms. The van der Waals surface area contributed by atoms with E-state index in [1.54, 1.807) is 36.4 Å². The summed E-state index contributed by atoms with van der Waals surface area (Å²) >= 11 is 0. The Balaban J connectivity index is 1.93. The maximum absolute atomic E-state index is 13.8. The van der Waals surface area contributed by atoms with Crippen LogP contribution in [0.3, 0.4) is 0 Å². The van der Waals surface area contributed by atoms with Gasteiger partial charge in [-0.3, -0.25) is 9.52 Å². The van der Waals surface area contributed by atoms with Gasteiger partial charge in [0.25, 0.3) is 0 Å². The van der Waals surface area contributed by atoms with E-state index in [0.29, 0.717) is 36.2 Å². The maximum Gasteiger partial charge on any atom is 0.246 e. The average molecular weight is 432 g/mol. The molecule has 0 aliphatic carbocycles. The average Bonchev–Trinajstić information content (AvgIpc) is 3.13. The Morgan fingerprint density at radius 2 is 1.87 bits per heavy atom. The largest absolute Gasteiger partial charge is 0.284 e. The van der Waals surface area contributed by atoms with Crippen LogP contribution in [-0.4, -0.2) is 31.3 Å². The minimum Gasteiger partial charge on any atom is -0.284 e. The molecular formula is C22H26FN3O3S. The van der Waals surface area contributed by atoms with E-state index < -0.39 is 10.0 Å². The van der Waals surface area contributed by atoms with E-state index in [-0.39, 0.29) is 23.7 Å². The number of benzene rings is 2. The number of hydrazone groups is 1. The Hall–Kier alpha value is -2.74. The fraction of sp³-hybridized carbons (Fsp3) is 0.364. The predicted octanol–water partition coefficient (Wildman–Crippen LogP) is 4.31. The summed E-state index contributed by atoms with van der Waals surface area (Å²) in [6.45, 7) is 3.94. The standard InChI is InChI=1S/C22H26FN3O3S/c1-4-15(5-2)22(27)26-21(17-7-6-8-18(23)13-17)14-20(24-26)16-9-11-19(12-10-16)25-30(3,28)29/h6-13,15,21,25H,4-5,14H2,1-3H3. The van der Waals surface area contributed by atoms with E-state index in [9.17, 15) is 17.6 Å². The van der Waals surface area contributed by atoms with Crippen molar-refractivity contribution in [2.24, 2.45) is 11.0 Å². The van der Waals surface area contributed by atoms with Crippen LogP contribution in [0, 0.1) is 11.7 Å². The van der Waals surface area contributed by atoms with Gasteiger partial charge in [-0.05, 0) is 48.2 Å². The van der Waals surface area contributed by atoms with Crippen molar-refractivity contribution in [1.29, 1.82) is 0 Å². The summed E-state index contributed by atoms with van der Waals surface area (Å²) in [6, 6.07) is 12.7. The first-order valence-corrected chi connectivity index (χ1v) is 11.8. The second-order valence-corrected chi connectivity index (χ2v) is 9.22. The Kier molecular flexibility index (Phi) is 6.55. The van der Waals surface area contributed by atoms with Gasteiger partial charge in [0.15, 0.2) is 0 Å². The van der Waals surface area contributed by atoms with Gasteiger partial charge in [0.2, 0.25) is 15.9 Å². The van der Waals surface area contributed by atoms with Gasteiger partial charge in [0, 0.05) is 18.0 Å². The summed E-state index contributed by atoms with van der Waals surface area (Å²) < 4.78 is 39.1. The first kappa shape index (κ1) is 22.0. The van der Waals surface area contributed by atoms with E-state index in [1.165, 1.54) is 17.1 Å². The van der Waals surface area contributed by atoms with Gasteiger partial charge in [-0.1, -0.05) is 38.1 Å². The van der Waals surface area contributed by atoms with E-state index in [1.807, 2.05) is 13.8 Å². The van der Waals surface area contributed by atoms with Crippen molar-refractivity contribution in [2.75, 3.05) is 11.0 Å². The number of nitrogens with one attached hydrogen (secondary N) is 1. The monoisotopic (exact) mass is 431 g/mol. The van der Waals surface area contributed by atoms with Crippen LogP contribution in [-0.2, 0) is 14.8 Å². The van der Waals surface area contributed by atoms with Crippen molar-refractivity contribution in [3.05, 3.63) is 65.5 Å². The molecule has 1 atom stereocenters.